The number of nitrogens with one attached hydrogen (secondary N) is 1. The Balaban J connectivity index is 0.973. The van der Waals surface area contributed by atoms with E-state index in [1.807, 2.05) is 47.7 Å². The first-order valence-electron chi connectivity index (χ1n) is 19.2. The van der Waals surface area contributed by atoms with Crippen LogP contribution in [0.3, 0.4) is 0 Å². The van der Waals surface area contributed by atoms with Gasteiger partial charge < -0.3 is 14.3 Å². The van der Waals surface area contributed by atoms with E-state index in [1.54, 1.807) is 0 Å². The quantitative estimate of drug-likeness (QED) is 0.191. The molecule has 0 radical (unpaired) electrons. The van der Waals surface area contributed by atoms with Gasteiger partial charge in [-0.1, -0.05) is 121 Å². The second-order valence-corrected chi connectivity index (χ2v) is 15.7. The van der Waals surface area contributed by atoms with Crippen LogP contribution in [0.1, 0.15) is 22.9 Å². The lowest BCUT2D eigenvalue weighted by atomic mass is 9.97. The number of thiophene rings is 1. The number of aromatic nitrogens is 1. The van der Waals surface area contributed by atoms with E-state index in [-0.39, 0.29) is 6.17 Å². The molecule has 0 saturated heterocycles. The van der Waals surface area contributed by atoms with Crippen molar-refractivity contribution in [3.63, 3.8) is 0 Å². The van der Waals surface area contributed by atoms with Crippen LogP contribution in [0.5, 0.6) is 0 Å². The fourth-order valence-electron chi connectivity index (χ4n) is 8.61. The second kappa shape index (κ2) is 12.6. The molecule has 57 heavy (non-hydrogen) atoms. The minimum Gasteiger partial charge on any atom is -0.456 e. The summed E-state index contributed by atoms with van der Waals surface area (Å²) in [6.07, 6.45) is -0.267. The number of hydrogen-bond acceptors (Lipinski definition) is 5. The maximum atomic E-state index is 6.55. The Bertz CT molecular complexity index is 3390. The molecule has 12 rings (SSSR count). The number of benzene rings is 8. The lowest BCUT2D eigenvalue weighted by Gasteiger charge is -2.23. The second-order valence-electron chi connectivity index (χ2n) is 14.6. The van der Waals surface area contributed by atoms with Gasteiger partial charge in [0.1, 0.15) is 23.2 Å². The van der Waals surface area contributed by atoms with Gasteiger partial charge in [-0.15, -0.1) is 11.3 Å². The van der Waals surface area contributed by atoms with Crippen LogP contribution in [0, 0.1) is 0 Å². The van der Waals surface area contributed by atoms with Gasteiger partial charge in [0.2, 0.25) is 0 Å². The standard InChI is InChI=1S/C51H32N4OS/c1-3-12-31(13-4-1)49-52-50(32-14-5-2-6-15-32)54-51(53-49)34-22-25-39-40-28-33(23-26-44(40)56-45(39)29-34)36-18-11-21-47-48(36)41-30-35(24-27-46(41)57-47)55-42-19-9-7-16-37(42)38-17-8-10-20-43(38)55/h1-30,49H,(H,52,53,54). The van der Waals surface area contributed by atoms with E-state index < -0.39 is 0 Å². The van der Waals surface area contributed by atoms with Crippen molar-refractivity contribution in [2.45, 2.75) is 6.17 Å². The van der Waals surface area contributed by atoms with Gasteiger partial charge in [-0.05, 0) is 77.4 Å². The summed E-state index contributed by atoms with van der Waals surface area (Å²) in [5.74, 6) is 1.46. The Morgan fingerprint density at radius 2 is 1.25 bits per heavy atom. The SMILES string of the molecule is c1ccc(C2=NC(c3ccc4c(c3)oc3ccc(-c5cccc6sc7ccc(-n8c9ccccc9c9ccccc98)cc7c56)cc34)=NC(c3ccccc3)N2)cc1. The fraction of sp³-hybridized carbons (Fsp3) is 0.0196. The first-order chi connectivity index (χ1) is 28.2. The summed E-state index contributed by atoms with van der Waals surface area (Å²) < 4.78 is 11.5. The Morgan fingerprint density at radius 3 is 2.05 bits per heavy atom. The van der Waals surface area contributed by atoms with Crippen LogP contribution in [0.15, 0.2) is 196 Å². The van der Waals surface area contributed by atoms with Crippen LogP contribution < -0.4 is 5.32 Å². The van der Waals surface area contributed by atoms with Crippen molar-refractivity contribution in [1.29, 1.82) is 0 Å². The number of fused-ring (bicyclic) bond motifs is 9. The van der Waals surface area contributed by atoms with Crippen molar-refractivity contribution in [2.24, 2.45) is 9.98 Å². The van der Waals surface area contributed by atoms with Gasteiger partial charge in [-0.25, -0.2) is 9.98 Å². The summed E-state index contributed by atoms with van der Waals surface area (Å²) >= 11 is 1.85. The molecular formula is C51H32N4OS. The highest BCUT2D eigenvalue weighted by Crippen LogP contribution is 2.43. The molecule has 1 atom stereocenters. The van der Waals surface area contributed by atoms with Gasteiger partial charge >= 0.3 is 0 Å². The number of rotatable bonds is 5. The van der Waals surface area contributed by atoms with E-state index in [4.69, 9.17) is 14.4 Å². The van der Waals surface area contributed by atoms with Gasteiger partial charge in [-0.3, -0.25) is 0 Å². The first-order valence-corrected chi connectivity index (χ1v) is 20.0. The molecule has 3 aromatic heterocycles. The number of amidine groups is 2. The van der Waals surface area contributed by atoms with Crippen LogP contribution in [0.4, 0.5) is 0 Å². The van der Waals surface area contributed by atoms with Crippen molar-refractivity contribution < 1.29 is 4.42 Å². The molecule has 5 nitrogen and oxygen atoms in total. The maximum Gasteiger partial charge on any atom is 0.159 e. The van der Waals surface area contributed by atoms with Gasteiger partial charge in [0.05, 0.1) is 11.0 Å². The molecule has 6 heteroatoms. The number of furan rings is 1. The number of hydrogen-bond donors (Lipinski definition) is 1. The normalized spacial score (nSPS) is 14.5. The van der Waals surface area contributed by atoms with E-state index in [0.29, 0.717) is 5.84 Å². The first kappa shape index (κ1) is 32.0. The Hall–Kier alpha value is -7.28. The topological polar surface area (TPSA) is 54.8 Å². The van der Waals surface area contributed by atoms with Crippen molar-refractivity contribution in [2.75, 3.05) is 0 Å². The van der Waals surface area contributed by atoms with E-state index in [9.17, 15) is 0 Å². The molecule has 4 heterocycles. The average Bonchev–Trinajstić information content (AvgIpc) is 3.95. The number of para-hydroxylation sites is 2. The monoisotopic (exact) mass is 748 g/mol. The highest BCUT2D eigenvalue weighted by Gasteiger charge is 2.22. The maximum absolute atomic E-state index is 6.55. The molecule has 0 saturated carbocycles. The molecule has 1 unspecified atom stereocenters. The molecule has 11 aromatic rings. The average molecular weight is 749 g/mol. The van der Waals surface area contributed by atoms with E-state index in [2.05, 4.69) is 155 Å². The summed E-state index contributed by atoms with van der Waals surface area (Å²) in [4.78, 5) is 10.1. The molecule has 0 amide bonds. The van der Waals surface area contributed by atoms with Gasteiger partial charge in [0, 0.05) is 58.5 Å². The van der Waals surface area contributed by atoms with Gasteiger partial charge in [0.15, 0.2) is 5.84 Å². The molecule has 268 valence electrons. The Kier molecular flexibility index (Phi) is 7.09. The molecule has 8 aromatic carbocycles. The molecule has 1 N–H and O–H groups in total. The lowest BCUT2D eigenvalue weighted by Crippen LogP contribution is -2.33. The van der Waals surface area contributed by atoms with Crippen LogP contribution in [0.2, 0.25) is 0 Å². The third-order valence-corrected chi connectivity index (χ3v) is 12.4. The highest BCUT2D eigenvalue weighted by atomic mass is 32.1. The molecule has 0 aliphatic carbocycles. The minimum atomic E-state index is -0.267. The van der Waals surface area contributed by atoms with Crippen molar-refractivity contribution >= 4 is 86.9 Å². The molecule has 0 spiro atoms. The zero-order chi connectivity index (χ0) is 37.5. The molecule has 0 bridgehead atoms. The largest absolute Gasteiger partial charge is 0.456 e. The third kappa shape index (κ3) is 5.15. The summed E-state index contributed by atoms with van der Waals surface area (Å²) in [5.41, 5.74) is 10.6. The summed E-state index contributed by atoms with van der Waals surface area (Å²) in [6.45, 7) is 0. The van der Waals surface area contributed by atoms with Crippen LogP contribution in [-0.4, -0.2) is 16.2 Å². The van der Waals surface area contributed by atoms with E-state index >= 15 is 0 Å². The molecular weight excluding hydrogens is 717 g/mol. The van der Waals surface area contributed by atoms with E-state index in [0.717, 1.165) is 55.7 Å². The van der Waals surface area contributed by atoms with Crippen LogP contribution in [-0.2, 0) is 0 Å². The molecule has 1 aliphatic heterocycles. The van der Waals surface area contributed by atoms with Crippen LogP contribution >= 0.6 is 11.3 Å². The van der Waals surface area contributed by atoms with Crippen molar-refractivity contribution in [1.82, 2.24) is 9.88 Å². The molecule has 0 fully saturated rings. The smallest absolute Gasteiger partial charge is 0.159 e. The van der Waals surface area contributed by atoms with Crippen molar-refractivity contribution in [3.05, 3.63) is 199 Å². The highest BCUT2D eigenvalue weighted by molar-refractivity contribution is 7.26. The third-order valence-electron chi connectivity index (χ3n) is 11.3. The zero-order valence-corrected chi connectivity index (χ0v) is 31.4. The molecule has 1 aliphatic rings. The summed E-state index contributed by atoms with van der Waals surface area (Å²) in [6, 6.07) is 64.5. The van der Waals surface area contributed by atoms with Crippen LogP contribution in [0.25, 0.3) is 80.7 Å². The number of aliphatic imine (C=N–C) groups is 2. The lowest BCUT2D eigenvalue weighted by molar-refractivity contribution is 0.667. The van der Waals surface area contributed by atoms with Crippen molar-refractivity contribution in [3.8, 4) is 16.8 Å². The predicted octanol–water partition coefficient (Wildman–Crippen LogP) is 13.2. The summed E-state index contributed by atoms with van der Waals surface area (Å²) in [5, 5.41) is 10.8. The zero-order valence-electron chi connectivity index (χ0n) is 30.6. The Morgan fingerprint density at radius 1 is 0.509 bits per heavy atom. The predicted molar refractivity (Wildman–Crippen MR) is 238 cm³/mol. The van der Waals surface area contributed by atoms with E-state index in [1.165, 1.54) is 47.5 Å². The fourth-order valence-corrected chi connectivity index (χ4v) is 9.72. The Labute approximate surface area is 331 Å². The van der Waals surface area contributed by atoms with Gasteiger partial charge in [-0.2, -0.15) is 0 Å². The minimum absolute atomic E-state index is 0.267. The summed E-state index contributed by atoms with van der Waals surface area (Å²) in [7, 11) is 0. The van der Waals surface area contributed by atoms with Gasteiger partial charge in [0.25, 0.3) is 0 Å². The number of nitrogens with zero attached hydrogens (tertiary/aromatic N) is 3.